The lowest BCUT2D eigenvalue weighted by molar-refractivity contribution is 0.415. The summed E-state index contributed by atoms with van der Waals surface area (Å²) in [4.78, 5) is 0. The lowest BCUT2D eigenvalue weighted by Gasteiger charge is -2.00. The van der Waals surface area contributed by atoms with Crippen molar-refractivity contribution in [2.45, 2.75) is 6.92 Å². The zero-order valence-corrected chi connectivity index (χ0v) is 10.4. The summed E-state index contributed by atoms with van der Waals surface area (Å²) in [5.41, 5.74) is 3.20. The Labute approximate surface area is 106 Å². The fourth-order valence-electron chi connectivity index (χ4n) is 2.04. The van der Waals surface area contributed by atoms with Gasteiger partial charge in [0.05, 0.1) is 7.11 Å². The van der Waals surface area contributed by atoms with Gasteiger partial charge < -0.3 is 9.15 Å². The topological polar surface area (TPSA) is 22.4 Å². The largest absolute Gasteiger partial charge is 0.497 e. The van der Waals surface area contributed by atoms with Gasteiger partial charge in [-0.1, -0.05) is 12.1 Å². The summed E-state index contributed by atoms with van der Waals surface area (Å²) in [7, 11) is 1.67. The second-order valence-corrected chi connectivity index (χ2v) is 4.38. The summed E-state index contributed by atoms with van der Waals surface area (Å²) >= 11 is 0. The number of benzene rings is 2. The van der Waals surface area contributed by atoms with Crippen LogP contribution in [0.2, 0.25) is 0 Å². The normalized spacial score (nSPS) is 10.8. The summed E-state index contributed by atoms with van der Waals surface area (Å²) in [6.07, 6.45) is 0. The van der Waals surface area contributed by atoms with Gasteiger partial charge in [0.1, 0.15) is 17.1 Å². The van der Waals surface area contributed by atoms with Crippen LogP contribution in [0.3, 0.4) is 0 Å². The van der Waals surface area contributed by atoms with Crippen LogP contribution < -0.4 is 4.74 Å². The lowest BCUT2D eigenvalue weighted by atomic mass is 10.1. The summed E-state index contributed by atoms with van der Waals surface area (Å²) in [6, 6.07) is 16.2. The summed E-state index contributed by atoms with van der Waals surface area (Å²) in [5, 5.41) is 1.13. The van der Waals surface area contributed by atoms with Gasteiger partial charge in [0, 0.05) is 10.9 Å². The first kappa shape index (κ1) is 10.9. The van der Waals surface area contributed by atoms with Crippen molar-refractivity contribution >= 4 is 11.0 Å². The highest BCUT2D eigenvalue weighted by atomic mass is 16.5. The van der Waals surface area contributed by atoms with Crippen LogP contribution in [0.25, 0.3) is 22.3 Å². The molecule has 0 fully saturated rings. The number of hydrogen-bond donors (Lipinski definition) is 0. The Hall–Kier alpha value is -2.22. The second-order valence-electron chi connectivity index (χ2n) is 4.38. The zero-order chi connectivity index (χ0) is 12.5. The summed E-state index contributed by atoms with van der Waals surface area (Å²) in [5.74, 6) is 1.74. The smallest absolute Gasteiger partial charge is 0.135 e. The van der Waals surface area contributed by atoms with Crippen molar-refractivity contribution in [1.82, 2.24) is 0 Å². The molecule has 2 nitrogen and oxygen atoms in total. The van der Waals surface area contributed by atoms with Gasteiger partial charge in [-0.3, -0.25) is 0 Å². The molecule has 0 saturated heterocycles. The Morgan fingerprint density at radius 1 is 0.944 bits per heavy atom. The van der Waals surface area contributed by atoms with Gasteiger partial charge in [-0.05, 0) is 48.9 Å². The van der Waals surface area contributed by atoms with Crippen molar-refractivity contribution in [3.8, 4) is 17.1 Å². The molecule has 90 valence electrons. The molecule has 0 radical (unpaired) electrons. The van der Waals surface area contributed by atoms with Crippen LogP contribution in [-0.4, -0.2) is 7.11 Å². The van der Waals surface area contributed by atoms with Crippen LogP contribution in [-0.2, 0) is 0 Å². The van der Waals surface area contributed by atoms with Gasteiger partial charge in [-0.2, -0.15) is 0 Å². The highest BCUT2D eigenvalue weighted by Crippen LogP contribution is 2.29. The molecule has 0 aliphatic carbocycles. The molecule has 0 spiro atoms. The lowest BCUT2D eigenvalue weighted by Crippen LogP contribution is -1.81. The van der Waals surface area contributed by atoms with Crippen molar-refractivity contribution in [3.63, 3.8) is 0 Å². The third kappa shape index (κ3) is 1.86. The molecule has 0 atom stereocenters. The summed E-state index contributed by atoms with van der Waals surface area (Å²) < 4.78 is 11.0. The molecular weight excluding hydrogens is 224 g/mol. The van der Waals surface area contributed by atoms with Crippen LogP contribution in [0.5, 0.6) is 5.75 Å². The third-order valence-electron chi connectivity index (χ3n) is 3.05. The van der Waals surface area contributed by atoms with E-state index in [0.29, 0.717) is 0 Å². The van der Waals surface area contributed by atoms with Crippen molar-refractivity contribution < 1.29 is 9.15 Å². The molecule has 0 amide bonds. The minimum absolute atomic E-state index is 0.853. The van der Waals surface area contributed by atoms with Gasteiger partial charge in [0.15, 0.2) is 0 Å². The van der Waals surface area contributed by atoms with Crippen LogP contribution in [0.1, 0.15) is 5.56 Å². The fraction of sp³-hybridized carbons (Fsp3) is 0.125. The first-order chi connectivity index (χ1) is 8.76. The predicted octanol–water partition coefficient (Wildman–Crippen LogP) is 4.42. The van der Waals surface area contributed by atoms with E-state index in [1.165, 1.54) is 5.56 Å². The quantitative estimate of drug-likeness (QED) is 0.659. The Morgan fingerprint density at radius 2 is 1.72 bits per heavy atom. The van der Waals surface area contributed by atoms with E-state index >= 15 is 0 Å². The maximum atomic E-state index is 5.87. The van der Waals surface area contributed by atoms with Crippen molar-refractivity contribution in [2.75, 3.05) is 7.11 Å². The molecule has 0 unspecified atom stereocenters. The number of methoxy groups -OCH3 is 1. The van der Waals surface area contributed by atoms with E-state index in [2.05, 4.69) is 31.2 Å². The minimum Gasteiger partial charge on any atom is -0.497 e. The van der Waals surface area contributed by atoms with E-state index < -0.39 is 0 Å². The SMILES string of the molecule is COc1ccc(-c2cc3ccc(C)cc3o2)cc1. The van der Waals surface area contributed by atoms with Gasteiger partial charge >= 0.3 is 0 Å². The van der Waals surface area contributed by atoms with Gasteiger partial charge in [-0.25, -0.2) is 0 Å². The molecule has 2 aromatic carbocycles. The molecule has 2 heteroatoms. The van der Waals surface area contributed by atoms with E-state index in [1.54, 1.807) is 7.11 Å². The molecule has 18 heavy (non-hydrogen) atoms. The standard InChI is InChI=1S/C16H14O2/c1-11-3-4-13-10-16(18-15(13)9-11)12-5-7-14(17-2)8-6-12/h3-10H,1-2H3. The van der Waals surface area contributed by atoms with Crippen molar-refractivity contribution in [3.05, 3.63) is 54.1 Å². The predicted molar refractivity (Wildman–Crippen MR) is 72.9 cm³/mol. The summed E-state index contributed by atoms with van der Waals surface area (Å²) in [6.45, 7) is 2.06. The van der Waals surface area contributed by atoms with E-state index in [0.717, 1.165) is 28.0 Å². The first-order valence-corrected chi connectivity index (χ1v) is 5.91. The van der Waals surface area contributed by atoms with Crippen LogP contribution in [0, 0.1) is 6.92 Å². The number of aryl methyl sites for hydroxylation is 1. The third-order valence-corrected chi connectivity index (χ3v) is 3.05. The van der Waals surface area contributed by atoms with Gasteiger partial charge in [0.25, 0.3) is 0 Å². The van der Waals surface area contributed by atoms with E-state index in [-0.39, 0.29) is 0 Å². The Balaban J connectivity index is 2.07. The Kier molecular flexibility index (Phi) is 2.56. The van der Waals surface area contributed by atoms with Crippen molar-refractivity contribution in [2.24, 2.45) is 0 Å². The van der Waals surface area contributed by atoms with E-state index in [9.17, 15) is 0 Å². The van der Waals surface area contributed by atoms with Gasteiger partial charge in [-0.15, -0.1) is 0 Å². The van der Waals surface area contributed by atoms with Crippen LogP contribution >= 0.6 is 0 Å². The molecule has 1 heterocycles. The maximum absolute atomic E-state index is 5.87. The van der Waals surface area contributed by atoms with E-state index in [4.69, 9.17) is 9.15 Å². The number of furan rings is 1. The average molecular weight is 238 g/mol. The van der Waals surface area contributed by atoms with Crippen LogP contribution in [0.4, 0.5) is 0 Å². The molecule has 0 aliphatic heterocycles. The molecule has 0 bridgehead atoms. The monoisotopic (exact) mass is 238 g/mol. The maximum Gasteiger partial charge on any atom is 0.135 e. The molecule has 0 aliphatic rings. The number of hydrogen-bond acceptors (Lipinski definition) is 2. The minimum atomic E-state index is 0.853. The van der Waals surface area contributed by atoms with E-state index in [1.807, 2.05) is 24.3 Å². The molecule has 0 saturated carbocycles. The van der Waals surface area contributed by atoms with Gasteiger partial charge in [0.2, 0.25) is 0 Å². The van der Waals surface area contributed by atoms with Crippen molar-refractivity contribution in [1.29, 1.82) is 0 Å². The number of rotatable bonds is 2. The highest BCUT2D eigenvalue weighted by molar-refractivity contribution is 5.83. The average Bonchev–Trinajstić information content (AvgIpc) is 2.81. The molecular formula is C16H14O2. The Bertz CT molecular complexity index is 678. The molecule has 1 aromatic heterocycles. The highest BCUT2D eigenvalue weighted by Gasteiger charge is 2.06. The first-order valence-electron chi connectivity index (χ1n) is 5.91. The molecule has 0 N–H and O–H groups in total. The second kappa shape index (κ2) is 4.22. The fourth-order valence-corrected chi connectivity index (χ4v) is 2.04. The number of fused-ring (bicyclic) bond motifs is 1. The van der Waals surface area contributed by atoms with Crippen LogP contribution in [0.15, 0.2) is 52.9 Å². The Morgan fingerprint density at radius 3 is 2.44 bits per heavy atom. The molecule has 3 rings (SSSR count). The molecule has 3 aromatic rings. The number of ether oxygens (including phenoxy) is 1. The zero-order valence-electron chi connectivity index (χ0n) is 10.4.